The van der Waals surface area contributed by atoms with E-state index in [1.807, 2.05) is 0 Å². The number of amides is 4. The predicted octanol–water partition coefficient (Wildman–Crippen LogP) is -2.52. The smallest absolute Gasteiger partial charge is 0.326 e. The van der Waals surface area contributed by atoms with Crippen molar-refractivity contribution in [1.82, 2.24) is 16.0 Å². The van der Waals surface area contributed by atoms with Gasteiger partial charge in [0, 0.05) is 6.42 Å². The lowest BCUT2D eigenvalue weighted by molar-refractivity contribution is -0.142. The van der Waals surface area contributed by atoms with Crippen molar-refractivity contribution in [2.45, 2.75) is 69.1 Å². The van der Waals surface area contributed by atoms with E-state index in [1.54, 1.807) is 6.26 Å². The molecule has 15 heteroatoms. The maximum absolute atomic E-state index is 12.9. The quantitative estimate of drug-likeness (QED) is 0.0824. The van der Waals surface area contributed by atoms with Gasteiger partial charge in [0.05, 0.1) is 12.5 Å². The van der Waals surface area contributed by atoms with Gasteiger partial charge in [0.25, 0.3) is 0 Å². The molecule has 0 aliphatic rings. The Morgan fingerprint density at radius 3 is 1.91 bits per heavy atom. The molecule has 0 radical (unpaired) electrons. The van der Waals surface area contributed by atoms with Crippen molar-refractivity contribution in [3.8, 4) is 0 Å². The fourth-order valence-corrected chi connectivity index (χ4v) is 3.37. The minimum absolute atomic E-state index is 0.0934. The zero-order valence-electron chi connectivity index (χ0n) is 19.7. The van der Waals surface area contributed by atoms with Gasteiger partial charge in [0.15, 0.2) is 0 Å². The van der Waals surface area contributed by atoms with Gasteiger partial charge in [0.2, 0.25) is 23.6 Å². The molecule has 0 bridgehead atoms. The third-order valence-electron chi connectivity index (χ3n) is 4.85. The van der Waals surface area contributed by atoms with Gasteiger partial charge in [-0.15, -0.1) is 0 Å². The van der Waals surface area contributed by atoms with Crippen LogP contribution in [-0.4, -0.2) is 88.5 Å². The minimum Gasteiger partial charge on any atom is -0.481 e. The molecule has 200 valence electrons. The Labute approximate surface area is 207 Å². The molecule has 0 saturated carbocycles. The number of primary amides is 1. The van der Waals surface area contributed by atoms with E-state index >= 15 is 0 Å². The van der Waals surface area contributed by atoms with E-state index < -0.39 is 66.2 Å². The summed E-state index contributed by atoms with van der Waals surface area (Å²) in [4.78, 5) is 71.5. The molecule has 4 atom stereocenters. The summed E-state index contributed by atoms with van der Waals surface area (Å²) in [6.07, 6.45) is 1.91. The number of unbranched alkanes of at least 4 members (excludes halogenated alkanes) is 1. The van der Waals surface area contributed by atoms with Crippen LogP contribution in [0.15, 0.2) is 0 Å². The summed E-state index contributed by atoms with van der Waals surface area (Å²) in [6.45, 7) is 0.351. The number of carbonyl (C=O) groups is 6. The molecule has 35 heavy (non-hydrogen) atoms. The summed E-state index contributed by atoms with van der Waals surface area (Å²) >= 11 is 1.39. The van der Waals surface area contributed by atoms with E-state index in [0.29, 0.717) is 25.1 Å². The standard InChI is InChI=1S/C20H36N6O8S/c1-35-9-7-12(24-17(30)11(22)5-6-16(28)29)18(31)26-14(10-15(23)27)19(32)25-13(20(33)34)4-2-3-8-21/h11-14H,2-10,21-22H2,1H3,(H2,23,27)(H,24,30)(H,25,32)(H,26,31)(H,28,29)(H,33,34). The average Bonchev–Trinajstić information content (AvgIpc) is 2.78. The Balaban J connectivity index is 5.41. The lowest BCUT2D eigenvalue weighted by Crippen LogP contribution is -2.57. The van der Waals surface area contributed by atoms with E-state index in [9.17, 15) is 33.9 Å². The minimum atomic E-state index is -1.48. The normalized spacial score (nSPS) is 14.1. The van der Waals surface area contributed by atoms with Crippen LogP contribution in [0.2, 0.25) is 0 Å². The molecular formula is C20H36N6O8S. The number of aliphatic carboxylic acids is 2. The fourth-order valence-electron chi connectivity index (χ4n) is 2.90. The summed E-state index contributed by atoms with van der Waals surface area (Å²) in [5, 5.41) is 25.2. The second-order valence-electron chi connectivity index (χ2n) is 7.80. The van der Waals surface area contributed by atoms with Crippen molar-refractivity contribution in [2.75, 3.05) is 18.6 Å². The number of nitrogens with two attached hydrogens (primary N) is 3. The predicted molar refractivity (Wildman–Crippen MR) is 128 cm³/mol. The maximum Gasteiger partial charge on any atom is 0.326 e. The van der Waals surface area contributed by atoms with Gasteiger partial charge in [-0.25, -0.2) is 4.79 Å². The van der Waals surface area contributed by atoms with Crippen LogP contribution in [0, 0.1) is 0 Å². The first-order valence-electron chi connectivity index (χ1n) is 11.0. The number of carbonyl (C=O) groups excluding carboxylic acids is 4. The first-order valence-corrected chi connectivity index (χ1v) is 12.4. The van der Waals surface area contributed by atoms with Gasteiger partial charge in [-0.05, 0) is 50.7 Å². The molecule has 0 aromatic rings. The van der Waals surface area contributed by atoms with E-state index in [0.717, 1.165) is 0 Å². The molecule has 0 aromatic heterocycles. The molecule has 0 aliphatic heterocycles. The number of thioether (sulfide) groups is 1. The zero-order chi connectivity index (χ0) is 27.0. The Morgan fingerprint density at radius 2 is 1.40 bits per heavy atom. The fraction of sp³-hybridized carbons (Fsp3) is 0.700. The zero-order valence-corrected chi connectivity index (χ0v) is 20.5. The Morgan fingerprint density at radius 1 is 0.829 bits per heavy atom. The molecule has 4 unspecified atom stereocenters. The molecule has 0 fully saturated rings. The van der Waals surface area contributed by atoms with Gasteiger partial charge in [-0.3, -0.25) is 24.0 Å². The maximum atomic E-state index is 12.9. The van der Waals surface area contributed by atoms with Crippen LogP contribution in [0.25, 0.3) is 0 Å². The van der Waals surface area contributed by atoms with E-state index in [1.165, 1.54) is 11.8 Å². The van der Waals surface area contributed by atoms with Crippen molar-refractivity contribution in [2.24, 2.45) is 17.2 Å². The highest BCUT2D eigenvalue weighted by Gasteiger charge is 2.31. The van der Waals surface area contributed by atoms with E-state index in [4.69, 9.17) is 22.3 Å². The Bertz CT molecular complexity index is 753. The first kappa shape index (κ1) is 32.1. The van der Waals surface area contributed by atoms with Crippen molar-refractivity contribution < 1.29 is 39.0 Å². The topological polar surface area (TPSA) is 257 Å². The summed E-state index contributed by atoms with van der Waals surface area (Å²) in [5.74, 6) is -5.39. The number of rotatable bonds is 19. The number of carboxylic acids is 2. The monoisotopic (exact) mass is 520 g/mol. The van der Waals surface area contributed by atoms with Crippen LogP contribution < -0.4 is 33.2 Å². The summed E-state index contributed by atoms with van der Waals surface area (Å²) in [7, 11) is 0. The SMILES string of the molecule is CSCCC(NC(=O)C(N)CCC(=O)O)C(=O)NC(CC(N)=O)C(=O)NC(CCCCN)C(=O)O. The van der Waals surface area contributed by atoms with Crippen LogP contribution in [-0.2, 0) is 28.8 Å². The molecule has 14 nitrogen and oxygen atoms in total. The van der Waals surface area contributed by atoms with Crippen molar-refractivity contribution in [1.29, 1.82) is 0 Å². The van der Waals surface area contributed by atoms with E-state index in [-0.39, 0.29) is 25.7 Å². The molecular weight excluding hydrogens is 484 g/mol. The number of nitrogens with one attached hydrogen (secondary N) is 3. The highest BCUT2D eigenvalue weighted by atomic mass is 32.2. The second-order valence-corrected chi connectivity index (χ2v) is 8.78. The number of hydrogen-bond donors (Lipinski definition) is 8. The third-order valence-corrected chi connectivity index (χ3v) is 5.49. The first-order chi connectivity index (χ1) is 16.4. The molecule has 0 aromatic carbocycles. The molecule has 11 N–H and O–H groups in total. The van der Waals surface area contributed by atoms with Crippen LogP contribution >= 0.6 is 11.8 Å². The van der Waals surface area contributed by atoms with Gasteiger partial charge in [-0.1, -0.05) is 0 Å². The molecule has 0 saturated heterocycles. The molecule has 0 rings (SSSR count). The van der Waals surface area contributed by atoms with Gasteiger partial charge >= 0.3 is 11.9 Å². The Kier molecular flexibility index (Phi) is 16.1. The van der Waals surface area contributed by atoms with Crippen molar-refractivity contribution >= 4 is 47.3 Å². The highest BCUT2D eigenvalue weighted by Crippen LogP contribution is 2.06. The molecule has 0 heterocycles. The molecule has 4 amide bonds. The van der Waals surface area contributed by atoms with Gasteiger partial charge in [0.1, 0.15) is 18.1 Å². The molecule has 0 aliphatic carbocycles. The summed E-state index contributed by atoms with van der Waals surface area (Å²) in [6, 6.07) is -5.06. The number of carboxylic acid groups (broad SMARTS) is 2. The molecule has 0 spiro atoms. The van der Waals surface area contributed by atoms with Gasteiger partial charge < -0.3 is 43.4 Å². The van der Waals surface area contributed by atoms with Crippen LogP contribution in [0.3, 0.4) is 0 Å². The lowest BCUT2D eigenvalue weighted by Gasteiger charge is -2.24. The van der Waals surface area contributed by atoms with Crippen LogP contribution in [0.4, 0.5) is 0 Å². The van der Waals surface area contributed by atoms with E-state index in [2.05, 4.69) is 16.0 Å². The van der Waals surface area contributed by atoms with Crippen LogP contribution in [0.5, 0.6) is 0 Å². The van der Waals surface area contributed by atoms with Gasteiger partial charge in [-0.2, -0.15) is 11.8 Å². The number of hydrogen-bond acceptors (Lipinski definition) is 9. The largest absolute Gasteiger partial charge is 0.481 e. The van der Waals surface area contributed by atoms with Crippen molar-refractivity contribution in [3.63, 3.8) is 0 Å². The highest BCUT2D eigenvalue weighted by molar-refractivity contribution is 7.98. The summed E-state index contributed by atoms with van der Waals surface area (Å²) in [5.41, 5.74) is 16.3. The summed E-state index contributed by atoms with van der Waals surface area (Å²) < 4.78 is 0. The lowest BCUT2D eigenvalue weighted by atomic mass is 10.1. The average molecular weight is 521 g/mol. The second kappa shape index (κ2) is 17.5. The third kappa shape index (κ3) is 14.2. The van der Waals surface area contributed by atoms with Crippen molar-refractivity contribution in [3.05, 3.63) is 0 Å². The van der Waals surface area contributed by atoms with Crippen LogP contribution in [0.1, 0.15) is 44.9 Å². The Hall–Kier alpha value is -2.91.